The predicted molar refractivity (Wildman–Crippen MR) is 38.0 cm³/mol. The van der Waals surface area contributed by atoms with E-state index in [0.717, 1.165) is 0 Å². The van der Waals surface area contributed by atoms with Gasteiger partial charge in [-0.25, -0.2) is 0 Å². The zero-order valence-corrected chi connectivity index (χ0v) is 6.77. The first-order chi connectivity index (χ1) is 5.50. The lowest BCUT2D eigenvalue weighted by atomic mass is 10.2. The lowest BCUT2D eigenvalue weighted by molar-refractivity contribution is -0.143. The maximum absolute atomic E-state index is 12.3. The molecule has 0 aromatic carbocycles. The Morgan fingerprint density at radius 2 is 2.33 bits per heavy atom. The Balaban J connectivity index is 2.35. The van der Waals surface area contributed by atoms with Crippen LogP contribution in [0.2, 0.25) is 0 Å². The SMILES string of the molecule is CC(F)(F)C(=O)NC1CCOC1. The van der Waals surface area contributed by atoms with Crippen molar-refractivity contribution in [2.75, 3.05) is 13.2 Å². The summed E-state index contributed by atoms with van der Waals surface area (Å²) in [5.74, 6) is -4.51. The number of carbonyl (C=O) groups excluding carboxylic acids is 1. The summed E-state index contributed by atoms with van der Waals surface area (Å²) in [5.41, 5.74) is 0. The lowest BCUT2D eigenvalue weighted by Gasteiger charge is -2.14. The first-order valence-corrected chi connectivity index (χ1v) is 3.76. The molecule has 0 radical (unpaired) electrons. The van der Waals surface area contributed by atoms with Gasteiger partial charge in [0, 0.05) is 13.5 Å². The zero-order valence-electron chi connectivity index (χ0n) is 6.77. The molecule has 0 spiro atoms. The Morgan fingerprint density at radius 3 is 2.75 bits per heavy atom. The molecule has 0 bridgehead atoms. The van der Waals surface area contributed by atoms with Gasteiger partial charge in [-0.2, -0.15) is 8.78 Å². The molecular weight excluding hydrogens is 168 g/mol. The van der Waals surface area contributed by atoms with Crippen molar-refractivity contribution in [3.63, 3.8) is 0 Å². The maximum Gasteiger partial charge on any atom is 0.321 e. The van der Waals surface area contributed by atoms with E-state index in [4.69, 9.17) is 4.74 Å². The zero-order chi connectivity index (χ0) is 9.19. The number of rotatable bonds is 2. The number of halogens is 2. The summed E-state index contributed by atoms with van der Waals surface area (Å²) in [6.07, 6.45) is 0.613. The quantitative estimate of drug-likeness (QED) is 0.672. The van der Waals surface area contributed by atoms with E-state index in [1.807, 2.05) is 0 Å². The van der Waals surface area contributed by atoms with E-state index >= 15 is 0 Å². The van der Waals surface area contributed by atoms with E-state index in [1.165, 1.54) is 0 Å². The third kappa shape index (κ3) is 2.41. The summed E-state index contributed by atoms with van der Waals surface area (Å²) in [7, 11) is 0. The Kier molecular flexibility index (Phi) is 2.62. The highest BCUT2D eigenvalue weighted by Gasteiger charge is 2.34. The first kappa shape index (κ1) is 9.38. The summed E-state index contributed by atoms with van der Waals surface area (Å²) in [4.78, 5) is 10.7. The minimum absolute atomic E-state index is 0.247. The minimum atomic E-state index is -3.29. The number of nitrogens with one attached hydrogen (secondary N) is 1. The topological polar surface area (TPSA) is 38.3 Å². The minimum Gasteiger partial charge on any atom is -0.379 e. The van der Waals surface area contributed by atoms with Crippen molar-refractivity contribution >= 4 is 5.91 Å². The van der Waals surface area contributed by atoms with Crippen molar-refractivity contribution in [3.05, 3.63) is 0 Å². The average molecular weight is 179 g/mol. The fraction of sp³-hybridized carbons (Fsp3) is 0.857. The van der Waals surface area contributed by atoms with E-state index in [2.05, 4.69) is 5.32 Å². The molecule has 1 fully saturated rings. The highest BCUT2D eigenvalue weighted by Crippen LogP contribution is 2.13. The van der Waals surface area contributed by atoms with E-state index in [1.54, 1.807) is 0 Å². The fourth-order valence-corrected chi connectivity index (χ4v) is 0.960. The van der Waals surface area contributed by atoms with Crippen LogP contribution in [0.4, 0.5) is 8.78 Å². The van der Waals surface area contributed by atoms with E-state index in [9.17, 15) is 13.6 Å². The van der Waals surface area contributed by atoms with Gasteiger partial charge < -0.3 is 10.1 Å². The normalized spacial score (nSPS) is 24.1. The largest absolute Gasteiger partial charge is 0.379 e. The van der Waals surface area contributed by atoms with Crippen LogP contribution in [-0.4, -0.2) is 31.1 Å². The molecule has 1 unspecified atom stereocenters. The van der Waals surface area contributed by atoms with Gasteiger partial charge in [-0.1, -0.05) is 0 Å². The fourth-order valence-electron chi connectivity index (χ4n) is 0.960. The molecule has 0 aromatic heterocycles. The van der Waals surface area contributed by atoms with Gasteiger partial charge in [-0.05, 0) is 6.42 Å². The maximum atomic E-state index is 12.3. The van der Waals surface area contributed by atoms with E-state index in [-0.39, 0.29) is 6.04 Å². The van der Waals surface area contributed by atoms with Crippen molar-refractivity contribution < 1.29 is 18.3 Å². The van der Waals surface area contributed by atoms with Crippen LogP contribution in [0.1, 0.15) is 13.3 Å². The molecule has 1 aliphatic heterocycles. The molecule has 1 N–H and O–H groups in total. The van der Waals surface area contributed by atoms with Gasteiger partial charge in [0.15, 0.2) is 0 Å². The van der Waals surface area contributed by atoms with Gasteiger partial charge in [0.2, 0.25) is 0 Å². The van der Waals surface area contributed by atoms with Crippen molar-refractivity contribution in [1.29, 1.82) is 0 Å². The molecular formula is C7H11F2NO2. The van der Waals surface area contributed by atoms with Crippen molar-refractivity contribution in [3.8, 4) is 0 Å². The molecule has 5 heteroatoms. The molecule has 1 rings (SSSR count). The van der Waals surface area contributed by atoms with Crippen LogP contribution in [0.3, 0.4) is 0 Å². The molecule has 0 saturated carbocycles. The first-order valence-electron chi connectivity index (χ1n) is 3.76. The number of hydrogen-bond donors (Lipinski definition) is 1. The van der Waals surface area contributed by atoms with Gasteiger partial charge in [-0.3, -0.25) is 4.79 Å². The second-order valence-corrected chi connectivity index (χ2v) is 2.92. The summed E-state index contributed by atoms with van der Waals surface area (Å²) < 4.78 is 29.5. The second-order valence-electron chi connectivity index (χ2n) is 2.92. The molecule has 1 heterocycles. The van der Waals surface area contributed by atoms with E-state index in [0.29, 0.717) is 26.6 Å². The molecule has 1 atom stereocenters. The predicted octanol–water partition coefficient (Wildman–Crippen LogP) is 0.547. The third-order valence-electron chi connectivity index (χ3n) is 1.66. The molecule has 0 aromatic rings. The summed E-state index contributed by atoms with van der Waals surface area (Å²) in [6, 6.07) is -0.247. The smallest absolute Gasteiger partial charge is 0.321 e. The average Bonchev–Trinajstić information content (AvgIpc) is 2.37. The Hall–Kier alpha value is -0.710. The highest BCUT2D eigenvalue weighted by molar-refractivity contribution is 5.83. The molecule has 0 aliphatic carbocycles. The standard InChI is InChI=1S/C7H11F2NO2/c1-7(8,9)6(11)10-5-2-3-12-4-5/h5H,2-4H2,1H3,(H,10,11). The van der Waals surface area contributed by atoms with Gasteiger partial charge in [0.25, 0.3) is 5.91 Å². The number of hydrogen-bond acceptors (Lipinski definition) is 2. The van der Waals surface area contributed by atoms with Gasteiger partial charge in [-0.15, -0.1) is 0 Å². The summed E-state index contributed by atoms with van der Waals surface area (Å²) >= 11 is 0. The molecule has 12 heavy (non-hydrogen) atoms. The van der Waals surface area contributed by atoms with E-state index < -0.39 is 11.8 Å². The summed E-state index contributed by atoms with van der Waals surface area (Å²) in [5, 5.41) is 2.20. The van der Waals surface area contributed by atoms with Crippen LogP contribution in [-0.2, 0) is 9.53 Å². The molecule has 1 aliphatic rings. The Morgan fingerprint density at radius 1 is 1.67 bits per heavy atom. The number of alkyl halides is 2. The van der Waals surface area contributed by atoms with Gasteiger partial charge in [0.1, 0.15) is 0 Å². The number of carbonyl (C=O) groups is 1. The second kappa shape index (κ2) is 3.35. The highest BCUT2D eigenvalue weighted by atomic mass is 19.3. The van der Waals surface area contributed by atoms with Crippen molar-refractivity contribution in [2.24, 2.45) is 0 Å². The lowest BCUT2D eigenvalue weighted by Crippen LogP contribution is -2.43. The molecule has 1 amide bonds. The number of ether oxygens (including phenoxy) is 1. The van der Waals surface area contributed by atoms with Gasteiger partial charge >= 0.3 is 5.92 Å². The van der Waals surface area contributed by atoms with Crippen LogP contribution in [0.25, 0.3) is 0 Å². The molecule has 3 nitrogen and oxygen atoms in total. The van der Waals surface area contributed by atoms with Crippen LogP contribution in [0.15, 0.2) is 0 Å². The molecule has 70 valence electrons. The van der Waals surface area contributed by atoms with Gasteiger partial charge in [0.05, 0.1) is 12.6 Å². The number of amides is 1. The Labute approximate surface area is 69.1 Å². The third-order valence-corrected chi connectivity index (χ3v) is 1.66. The van der Waals surface area contributed by atoms with Crippen LogP contribution < -0.4 is 5.32 Å². The van der Waals surface area contributed by atoms with Crippen LogP contribution >= 0.6 is 0 Å². The van der Waals surface area contributed by atoms with Crippen LogP contribution in [0, 0.1) is 0 Å². The monoisotopic (exact) mass is 179 g/mol. The van der Waals surface area contributed by atoms with Crippen molar-refractivity contribution in [1.82, 2.24) is 5.32 Å². The molecule has 1 saturated heterocycles. The summed E-state index contributed by atoms with van der Waals surface area (Å²) in [6.45, 7) is 1.44. The van der Waals surface area contributed by atoms with Crippen molar-refractivity contribution in [2.45, 2.75) is 25.3 Å². The van der Waals surface area contributed by atoms with Crippen LogP contribution in [0.5, 0.6) is 0 Å². The Bertz CT molecular complexity index is 173.